The highest BCUT2D eigenvalue weighted by atomic mass is 19.1. The number of imide groups is 3. The largest absolute Gasteiger partial charge is 0.384 e. The van der Waals surface area contributed by atoms with Crippen LogP contribution in [-0.4, -0.2) is 151 Å². The zero-order valence-corrected chi connectivity index (χ0v) is 62.6. The zero-order valence-electron chi connectivity index (χ0n) is 62.6. The summed E-state index contributed by atoms with van der Waals surface area (Å²) in [6, 6.07) is 31.4. The van der Waals surface area contributed by atoms with E-state index in [4.69, 9.17) is 17.2 Å². The van der Waals surface area contributed by atoms with Gasteiger partial charge >= 0.3 is 0 Å². The first-order chi connectivity index (χ1) is 51.6. The predicted molar refractivity (Wildman–Crippen MR) is 406 cm³/mol. The van der Waals surface area contributed by atoms with Crippen LogP contribution in [-0.2, 0) is 83.6 Å². The lowest BCUT2D eigenvalue weighted by atomic mass is 9.80. The Hall–Kier alpha value is -12.1. The molecule has 0 aliphatic carbocycles. The van der Waals surface area contributed by atoms with Gasteiger partial charge in [-0.3, -0.25) is 77.2 Å². The van der Waals surface area contributed by atoms with Gasteiger partial charge in [-0.15, -0.1) is 0 Å². The third kappa shape index (κ3) is 17.2. The standard InChI is InChI=1S/2C27H32N6O3.C26H29FN6O3/c1-5-19(20-8-6-7-17(2)13-20)16-23(34)33-24(26(36)32(4)27-30-11-12-31(27)3)21(25(33)35)14-18-9-10-29-22(28)15-18;1-5-19(20-9-7-6-8-10-20)15-23(34)33-24(27(36)31(3)25-17(2)16-30-32(25)4)21(26(33)35)13-18-11-12-29-22(28)14-18;1-4-17(18-6-5-7-19(27)14-18)15-22(34)33-23(25(36)32(3)26-30-10-11-31(26)2)20(24(33)35)12-16-8-9-29-21(28)13-16/h6-13,15,19,21,24H,5,14,16H2,1-4H3,(H2,28,29);6-12,14,16,19,21,24H,5,13,15H2,1-4H3,(H2,28,29);5-11,13-14,17,20,23H,4,12,15H2,1-3H3,(H2,28,29)/t2*19-,21+,24-;17-,20+,23-/m000/s1. The van der Waals surface area contributed by atoms with Crippen molar-refractivity contribution in [3.05, 3.63) is 215 Å². The SMILES string of the molecule is CC[C@@H](CC(=O)N1C(=O)[C@H](Cc2ccnc(N)c2)[C@H]1C(=O)N(C)c1c(C)cnn1C)c1ccccc1.CC[C@@H](CC(=O)N1C(=O)[C@H](Cc2ccnc(N)c2)[C@H]1C(=O)N(C)c1nccn1C)c1cccc(C)c1.CC[C@@H](CC(=O)N1C(=O)[C@H](Cc2ccnc(N)c2)[C@H]1C(=O)N(C)c1nccn1C)c1cccc(F)c1. The molecule has 108 heavy (non-hydrogen) atoms. The molecule has 12 rings (SSSR count). The van der Waals surface area contributed by atoms with Gasteiger partial charge in [-0.05, 0) is 152 Å². The van der Waals surface area contributed by atoms with Crippen molar-refractivity contribution in [2.24, 2.45) is 38.9 Å². The first kappa shape index (κ1) is 78.5. The molecule has 3 saturated heterocycles. The number of aryl methyl sites for hydroxylation is 5. The number of halogens is 1. The summed E-state index contributed by atoms with van der Waals surface area (Å²) in [6.45, 7) is 9.81. The highest BCUT2D eigenvalue weighted by Gasteiger charge is 2.58. The Labute approximate surface area is 626 Å². The van der Waals surface area contributed by atoms with Gasteiger partial charge in [0.15, 0.2) is 0 Å². The van der Waals surface area contributed by atoms with Crippen molar-refractivity contribution in [1.82, 2.24) is 58.5 Å². The third-order valence-electron chi connectivity index (χ3n) is 20.5. The molecule has 6 aromatic heterocycles. The molecule has 9 atom stereocenters. The highest BCUT2D eigenvalue weighted by molar-refractivity contribution is 6.15. The topological polar surface area (TPSA) is 343 Å². The molecule has 0 radical (unpaired) electrons. The maximum Gasteiger partial charge on any atom is 0.253 e. The van der Waals surface area contributed by atoms with Crippen molar-refractivity contribution in [2.45, 2.75) is 128 Å². The van der Waals surface area contributed by atoms with Crippen molar-refractivity contribution in [3.63, 3.8) is 0 Å². The molecule has 0 bridgehead atoms. The van der Waals surface area contributed by atoms with Crippen molar-refractivity contribution >= 4 is 88.3 Å². The first-order valence-corrected chi connectivity index (χ1v) is 36.0. The lowest BCUT2D eigenvalue weighted by molar-refractivity contribution is -0.171. The number of anilines is 6. The molecule has 9 heterocycles. The van der Waals surface area contributed by atoms with Gasteiger partial charge in [0.05, 0.1) is 24.0 Å². The molecule has 3 fully saturated rings. The molecule has 3 aliphatic heterocycles. The minimum absolute atomic E-state index is 0.0173. The Morgan fingerprint density at radius 2 is 0.833 bits per heavy atom. The van der Waals surface area contributed by atoms with E-state index in [-0.39, 0.29) is 91.1 Å². The van der Waals surface area contributed by atoms with Gasteiger partial charge in [-0.1, -0.05) is 93.1 Å². The van der Waals surface area contributed by atoms with Gasteiger partial charge in [0.2, 0.25) is 47.3 Å². The van der Waals surface area contributed by atoms with Crippen LogP contribution in [0.25, 0.3) is 0 Å². The second kappa shape index (κ2) is 34.4. The van der Waals surface area contributed by atoms with Gasteiger partial charge in [0, 0.05) is 110 Å². The molecule has 0 saturated carbocycles. The maximum absolute atomic E-state index is 13.8. The summed E-state index contributed by atoms with van der Waals surface area (Å²) >= 11 is 0. The van der Waals surface area contributed by atoms with E-state index < -0.39 is 53.6 Å². The molecule has 564 valence electrons. The molecule has 0 unspecified atom stereocenters. The Morgan fingerprint density at radius 1 is 0.463 bits per heavy atom. The molecule has 28 heteroatoms. The van der Waals surface area contributed by atoms with Crippen LogP contribution in [0.4, 0.5) is 39.6 Å². The van der Waals surface area contributed by atoms with E-state index in [1.807, 2.05) is 83.1 Å². The molecule has 6 N–H and O–H groups in total. The zero-order chi connectivity index (χ0) is 77.9. The number of rotatable bonds is 24. The third-order valence-corrected chi connectivity index (χ3v) is 20.5. The van der Waals surface area contributed by atoms with Crippen molar-refractivity contribution in [1.29, 1.82) is 0 Å². The van der Waals surface area contributed by atoms with E-state index in [2.05, 4.69) is 36.1 Å². The summed E-state index contributed by atoms with van der Waals surface area (Å²) in [4.78, 5) is 149. The molecular formula is C80H93FN18O9. The number of carbonyl (C=O) groups excluding carboxylic acids is 9. The van der Waals surface area contributed by atoms with Gasteiger partial charge in [-0.2, -0.15) is 5.10 Å². The fraction of sp³-hybridized carbons (Fsp3) is 0.362. The summed E-state index contributed by atoms with van der Waals surface area (Å²) in [5, 5.41) is 4.23. The molecule has 9 amide bonds. The fourth-order valence-electron chi connectivity index (χ4n) is 14.7. The summed E-state index contributed by atoms with van der Waals surface area (Å²) in [5.41, 5.74) is 24.5. The van der Waals surface area contributed by atoms with E-state index in [1.54, 1.807) is 154 Å². The fourth-order valence-corrected chi connectivity index (χ4v) is 14.7. The van der Waals surface area contributed by atoms with Crippen LogP contribution >= 0.6 is 0 Å². The Bertz CT molecular complexity index is 4570. The Morgan fingerprint density at radius 3 is 1.18 bits per heavy atom. The highest BCUT2D eigenvalue weighted by Crippen LogP contribution is 2.40. The minimum Gasteiger partial charge on any atom is -0.384 e. The van der Waals surface area contributed by atoms with Crippen LogP contribution in [0.3, 0.4) is 0 Å². The first-order valence-electron chi connectivity index (χ1n) is 36.0. The van der Waals surface area contributed by atoms with Gasteiger partial charge in [0.1, 0.15) is 47.2 Å². The van der Waals surface area contributed by atoms with E-state index in [1.165, 1.54) is 26.8 Å². The van der Waals surface area contributed by atoms with Crippen LogP contribution in [0.1, 0.15) is 122 Å². The molecule has 9 aromatic rings. The molecule has 3 aromatic carbocycles. The lowest BCUT2D eigenvalue weighted by Crippen LogP contribution is -2.69. The molecular weight excluding hydrogens is 1380 g/mol. The van der Waals surface area contributed by atoms with E-state index >= 15 is 0 Å². The lowest BCUT2D eigenvalue weighted by Gasteiger charge is -2.46. The summed E-state index contributed by atoms with van der Waals surface area (Å²) in [7, 11) is 10.1. The van der Waals surface area contributed by atoms with Crippen LogP contribution in [0.5, 0.6) is 0 Å². The second-order valence-electron chi connectivity index (χ2n) is 27.8. The number of nitrogens with two attached hydrogens (primary N) is 3. The summed E-state index contributed by atoms with van der Waals surface area (Å²) in [6.07, 6.45) is 16.1. The number of pyridine rings is 3. The predicted octanol–water partition coefficient (Wildman–Crippen LogP) is 8.38. The van der Waals surface area contributed by atoms with Crippen LogP contribution < -0.4 is 31.9 Å². The van der Waals surface area contributed by atoms with Gasteiger partial charge in [0.25, 0.3) is 17.7 Å². The number of hydrogen-bond donors (Lipinski definition) is 3. The van der Waals surface area contributed by atoms with Crippen molar-refractivity contribution < 1.29 is 47.5 Å². The number of benzene rings is 3. The number of nitrogens with zero attached hydrogens (tertiary/aromatic N) is 15. The van der Waals surface area contributed by atoms with Crippen molar-refractivity contribution in [2.75, 3.05) is 53.0 Å². The minimum atomic E-state index is -0.994. The number of amides is 9. The molecule has 27 nitrogen and oxygen atoms in total. The summed E-state index contributed by atoms with van der Waals surface area (Å²) < 4.78 is 18.8. The van der Waals surface area contributed by atoms with Gasteiger partial charge < -0.3 is 26.3 Å². The Balaban J connectivity index is 0.000000173. The average Bonchev–Trinajstić information content (AvgIpc) is 0.850. The maximum atomic E-state index is 13.8. The number of β-lactam (4-membered cyclic amide) rings is 3. The van der Waals surface area contributed by atoms with E-state index in [0.717, 1.165) is 66.5 Å². The number of hydrogen-bond acceptors (Lipinski definition) is 18. The van der Waals surface area contributed by atoms with Crippen LogP contribution in [0.2, 0.25) is 0 Å². The number of imidazole rings is 2. The number of aromatic nitrogens is 9. The number of carbonyl (C=O) groups is 9. The van der Waals surface area contributed by atoms with Crippen LogP contribution in [0, 0.1) is 37.4 Å². The Kier molecular flexibility index (Phi) is 25.0. The number of likely N-dealkylation sites (tertiary alicyclic amines) is 3. The van der Waals surface area contributed by atoms with E-state index in [9.17, 15) is 47.5 Å². The molecule has 3 aliphatic rings. The molecule has 0 spiro atoms. The van der Waals surface area contributed by atoms with Crippen LogP contribution in [0.15, 0.2) is 165 Å². The van der Waals surface area contributed by atoms with E-state index in [0.29, 0.717) is 53.6 Å². The monoisotopic (exact) mass is 1470 g/mol. The smallest absolute Gasteiger partial charge is 0.253 e. The number of nitrogen functional groups attached to an aromatic ring is 3. The normalized spacial score (nSPS) is 18.0. The average molecular weight is 1470 g/mol. The van der Waals surface area contributed by atoms with Crippen molar-refractivity contribution in [3.8, 4) is 0 Å². The number of likely N-dealkylation sites (N-methyl/N-ethyl adjacent to an activating group) is 3. The van der Waals surface area contributed by atoms with Gasteiger partial charge in [-0.25, -0.2) is 29.3 Å². The quantitative estimate of drug-likeness (QED) is 0.0478. The second-order valence-corrected chi connectivity index (χ2v) is 27.8. The summed E-state index contributed by atoms with van der Waals surface area (Å²) in [5.74, 6) is -3.77.